The Labute approximate surface area is 110 Å². The molecule has 1 aliphatic heterocycles. The molecule has 0 aliphatic carbocycles. The van der Waals surface area contributed by atoms with Gasteiger partial charge in [0.05, 0.1) is 10.7 Å². The van der Waals surface area contributed by atoms with Crippen molar-refractivity contribution in [2.24, 2.45) is 5.92 Å². The van der Waals surface area contributed by atoms with Crippen molar-refractivity contribution in [1.82, 2.24) is 9.38 Å². The van der Waals surface area contributed by atoms with Gasteiger partial charge in [0.1, 0.15) is 5.65 Å². The first kappa shape index (κ1) is 11.4. The number of halogens is 1. The number of imidazole rings is 1. The van der Waals surface area contributed by atoms with Crippen LogP contribution in [0.1, 0.15) is 18.5 Å². The average molecular weight is 267 g/mol. The fourth-order valence-corrected chi connectivity index (χ4v) is 3.73. The van der Waals surface area contributed by atoms with Crippen LogP contribution < -0.4 is 0 Å². The maximum absolute atomic E-state index is 5.97. The standard InChI is InChI=1S/C13H15ClN2S/c14-11-1-2-13-15-12(9-16(13)8-11)7-10-3-5-17-6-4-10/h1-2,8-10H,3-7H2. The maximum Gasteiger partial charge on any atom is 0.137 e. The summed E-state index contributed by atoms with van der Waals surface area (Å²) in [7, 11) is 0. The third-order valence-electron chi connectivity index (χ3n) is 3.30. The second-order valence-corrected chi connectivity index (χ2v) is 6.27. The summed E-state index contributed by atoms with van der Waals surface area (Å²) in [6, 6.07) is 3.87. The molecule has 2 aromatic rings. The van der Waals surface area contributed by atoms with Crippen molar-refractivity contribution < 1.29 is 0 Å². The second-order valence-electron chi connectivity index (χ2n) is 4.60. The van der Waals surface area contributed by atoms with Crippen molar-refractivity contribution in [3.05, 3.63) is 35.2 Å². The smallest absolute Gasteiger partial charge is 0.137 e. The number of aromatic nitrogens is 2. The van der Waals surface area contributed by atoms with Crippen LogP contribution in [0.2, 0.25) is 5.02 Å². The Morgan fingerprint density at radius 2 is 2.12 bits per heavy atom. The molecular formula is C13H15ClN2S. The van der Waals surface area contributed by atoms with Gasteiger partial charge < -0.3 is 4.40 Å². The number of hydrogen-bond donors (Lipinski definition) is 0. The zero-order valence-corrected chi connectivity index (χ0v) is 11.2. The lowest BCUT2D eigenvalue weighted by molar-refractivity contribution is 0.483. The van der Waals surface area contributed by atoms with Crippen LogP contribution in [0.15, 0.2) is 24.5 Å². The molecule has 2 aromatic heterocycles. The molecule has 90 valence electrons. The minimum atomic E-state index is 0.760. The Hall–Kier alpha value is -0.670. The van der Waals surface area contributed by atoms with Gasteiger partial charge in [-0.3, -0.25) is 0 Å². The predicted octanol–water partition coefficient (Wildman–Crippen LogP) is 3.67. The maximum atomic E-state index is 5.97. The summed E-state index contributed by atoms with van der Waals surface area (Å²) in [6.45, 7) is 0. The lowest BCUT2D eigenvalue weighted by Gasteiger charge is -2.19. The molecular weight excluding hydrogens is 252 g/mol. The van der Waals surface area contributed by atoms with Crippen molar-refractivity contribution in [2.75, 3.05) is 11.5 Å². The molecule has 0 unspecified atom stereocenters. The van der Waals surface area contributed by atoms with E-state index < -0.39 is 0 Å². The molecule has 0 radical (unpaired) electrons. The van der Waals surface area contributed by atoms with E-state index in [1.165, 1.54) is 30.0 Å². The molecule has 3 heterocycles. The van der Waals surface area contributed by atoms with Gasteiger partial charge in [0, 0.05) is 12.4 Å². The normalized spacial score (nSPS) is 17.7. The largest absolute Gasteiger partial charge is 0.305 e. The molecule has 1 fully saturated rings. The van der Waals surface area contributed by atoms with Crippen LogP contribution in [0.4, 0.5) is 0 Å². The Morgan fingerprint density at radius 3 is 2.94 bits per heavy atom. The van der Waals surface area contributed by atoms with Crippen molar-refractivity contribution in [3.63, 3.8) is 0 Å². The highest BCUT2D eigenvalue weighted by molar-refractivity contribution is 7.99. The summed E-state index contributed by atoms with van der Waals surface area (Å²) < 4.78 is 2.02. The molecule has 0 atom stereocenters. The SMILES string of the molecule is Clc1ccc2nc(CC3CCSCC3)cn2c1. The molecule has 2 nitrogen and oxygen atoms in total. The number of thioether (sulfide) groups is 1. The summed E-state index contributed by atoms with van der Waals surface area (Å²) >= 11 is 8.04. The van der Waals surface area contributed by atoms with E-state index in [9.17, 15) is 0 Å². The first-order valence-electron chi connectivity index (χ1n) is 6.02. The van der Waals surface area contributed by atoms with Crippen molar-refractivity contribution in [1.29, 1.82) is 0 Å². The van der Waals surface area contributed by atoms with Gasteiger partial charge in [0.25, 0.3) is 0 Å². The first-order valence-corrected chi connectivity index (χ1v) is 7.55. The number of fused-ring (bicyclic) bond motifs is 1. The van der Waals surface area contributed by atoms with Crippen LogP contribution in [0.5, 0.6) is 0 Å². The van der Waals surface area contributed by atoms with Gasteiger partial charge in [-0.15, -0.1) is 0 Å². The molecule has 0 saturated carbocycles. The highest BCUT2D eigenvalue weighted by Crippen LogP contribution is 2.25. The molecule has 3 rings (SSSR count). The monoisotopic (exact) mass is 266 g/mol. The van der Waals surface area contributed by atoms with Gasteiger partial charge in [-0.2, -0.15) is 11.8 Å². The quantitative estimate of drug-likeness (QED) is 0.825. The fourth-order valence-electron chi connectivity index (χ4n) is 2.36. The molecule has 17 heavy (non-hydrogen) atoms. The Balaban J connectivity index is 1.80. The van der Waals surface area contributed by atoms with Crippen LogP contribution in [0, 0.1) is 5.92 Å². The molecule has 1 aliphatic rings. The van der Waals surface area contributed by atoms with E-state index in [0.717, 1.165) is 23.0 Å². The van der Waals surface area contributed by atoms with Crippen LogP contribution in [0.25, 0.3) is 5.65 Å². The highest BCUT2D eigenvalue weighted by atomic mass is 35.5. The van der Waals surface area contributed by atoms with Crippen LogP contribution in [0.3, 0.4) is 0 Å². The summed E-state index contributed by atoms with van der Waals surface area (Å²) in [5.74, 6) is 3.44. The first-order chi connectivity index (χ1) is 8.31. The van der Waals surface area contributed by atoms with Gasteiger partial charge >= 0.3 is 0 Å². The zero-order valence-electron chi connectivity index (χ0n) is 9.60. The second kappa shape index (κ2) is 4.91. The fraction of sp³-hybridized carbons (Fsp3) is 0.462. The van der Waals surface area contributed by atoms with E-state index >= 15 is 0 Å². The van der Waals surface area contributed by atoms with Gasteiger partial charge in [0.15, 0.2) is 0 Å². The van der Waals surface area contributed by atoms with Crippen LogP contribution >= 0.6 is 23.4 Å². The molecule has 4 heteroatoms. The molecule has 0 N–H and O–H groups in total. The van der Waals surface area contributed by atoms with Crippen LogP contribution in [-0.4, -0.2) is 20.9 Å². The lowest BCUT2D eigenvalue weighted by atomic mass is 9.97. The van der Waals surface area contributed by atoms with E-state index in [-0.39, 0.29) is 0 Å². The number of hydrogen-bond acceptors (Lipinski definition) is 2. The van der Waals surface area contributed by atoms with Gasteiger partial charge in [-0.1, -0.05) is 11.6 Å². The minimum Gasteiger partial charge on any atom is -0.305 e. The Kier molecular flexibility index (Phi) is 3.30. The summed E-state index contributed by atoms with van der Waals surface area (Å²) in [5, 5.41) is 0.760. The molecule has 1 saturated heterocycles. The van der Waals surface area contributed by atoms with Crippen molar-refractivity contribution in [3.8, 4) is 0 Å². The summed E-state index contributed by atoms with van der Waals surface area (Å²) in [5.41, 5.74) is 2.19. The van der Waals surface area contributed by atoms with Gasteiger partial charge in [0.2, 0.25) is 0 Å². The Bertz CT molecular complexity index is 517. The topological polar surface area (TPSA) is 17.3 Å². The lowest BCUT2D eigenvalue weighted by Crippen LogP contribution is -2.12. The van der Waals surface area contributed by atoms with E-state index in [1.807, 2.05) is 22.7 Å². The van der Waals surface area contributed by atoms with E-state index in [2.05, 4.69) is 22.9 Å². The molecule has 0 bridgehead atoms. The summed E-state index contributed by atoms with van der Waals surface area (Å²) in [6.07, 6.45) is 7.81. The van der Waals surface area contributed by atoms with Gasteiger partial charge in [-0.05, 0) is 48.8 Å². The third-order valence-corrected chi connectivity index (χ3v) is 4.58. The highest BCUT2D eigenvalue weighted by Gasteiger charge is 2.15. The Morgan fingerprint density at radius 1 is 1.29 bits per heavy atom. The molecule has 0 amide bonds. The third kappa shape index (κ3) is 2.61. The van der Waals surface area contributed by atoms with Gasteiger partial charge in [-0.25, -0.2) is 4.98 Å². The minimum absolute atomic E-state index is 0.760. The van der Waals surface area contributed by atoms with Crippen molar-refractivity contribution in [2.45, 2.75) is 19.3 Å². The summed E-state index contributed by atoms with van der Waals surface area (Å²) in [4.78, 5) is 4.65. The van der Waals surface area contributed by atoms with E-state index in [0.29, 0.717) is 0 Å². The number of pyridine rings is 1. The van der Waals surface area contributed by atoms with Crippen LogP contribution in [-0.2, 0) is 6.42 Å². The molecule has 0 aromatic carbocycles. The zero-order chi connectivity index (χ0) is 11.7. The van der Waals surface area contributed by atoms with Crippen molar-refractivity contribution >= 4 is 29.0 Å². The van der Waals surface area contributed by atoms with E-state index in [1.54, 1.807) is 0 Å². The average Bonchev–Trinajstić information content (AvgIpc) is 2.71. The number of rotatable bonds is 2. The molecule has 0 spiro atoms. The predicted molar refractivity (Wildman–Crippen MR) is 74.0 cm³/mol. The number of nitrogens with zero attached hydrogens (tertiary/aromatic N) is 2. The van der Waals surface area contributed by atoms with E-state index in [4.69, 9.17) is 11.6 Å².